The summed E-state index contributed by atoms with van der Waals surface area (Å²) in [6, 6.07) is 22.6. The number of anilines is 1. The molecule has 1 heterocycles. The lowest BCUT2D eigenvalue weighted by atomic mass is 9.92. The standard InChI is InChI=1S/C22H19NO2/c1-15-11-13-17(14-12-15)22(25)19-9-5-4-8-18(19)21(24)23(22)20-10-6-3-7-16(20)2/h3-14,25H,1-2H3/t22-/m0/s1. The number of fused-ring (bicyclic) bond motifs is 1. The highest BCUT2D eigenvalue weighted by Crippen LogP contribution is 2.45. The highest BCUT2D eigenvalue weighted by atomic mass is 16.3. The molecule has 3 heteroatoms. The number of para-hydroxylation sites is 1. The van der Waals surface area contributed by atoms with Crippen LogP contribution >= 0.6 is 0 Å². The fourth-order valence-electron chi connectivity index (χ4n) is 3.53. The van der Waals surface area contributed by atoms with Gasteiger partial charge in [-0.2, -0.15) is 0 Å². The van der Waals surface area contributed by atoms with Crippen LogP contribution in [0.5, 0.6) is 0 Å². The van der Waals surface area contributed by atoms with E-state index in [1.54, 1.807) is 6.07 Å². The van der Waals surface area contributed by atoms with Crippen molar-refractivity contribution in [2.45, 2.75) is 19.6 Å². The molecule has 0 aliphatic carbocycles. The van der Waals surface area contributed by atoms with Gasteiger partial charge in [0, 0.05) is 16.7 Å². The topological polar surface area (TPSA) is 40.5 Å². The lowest BCUT2D eigenvalue weighted by molar-refractivity contribution is 0.0702. The van der Waals surface area contributed by atoms with Gasteiger partial charge >= 0.3 is 0 Å². The summed E-state index contributed by atoms with van der Waals surface area (Å²) in [5.41, 5.74) is 3.07. The van der Waals surface area contributed by atoms with Crippen molar-refractivity contribution in [3.05, 3.63) is 101 Å². The zero-order valence-corrected chi connectivity index (χ0v) is 14.2. The van der Waals surface area contributed by atoms with Gasteiger partial charge in [0.1, 0.15) is 0 Å². The van der Waals surface area contributed by atoms with Gasteiger partial charge in [-0.1, -0.05) is 66.2 Å². The number of carbonyl (C=O) groups excluding carboxylic acids is 1. The second-order valence-electron chi connectivity index (χ2n) is 6.51. The zero-order chi connectivity index (χ0) is 17.6. The molecule has 25 heavy (non-hydrogen) atoms. The highest BCUT2D eigenvalue weighted by Gasteiger charge is 2.50. The van der Waals surface area contributed by atoms with Crippen molar-refractivity contribution in [3.8, 4) is 0 Å². The summed E-state index contributed by atoms with van der Waals surface area (Å²) in [5.74, 6) is -0.187. The molecule has 3 nitrogen and oxygen atoms in total. The molecule has 1 aliphatic rings. The number of aliphatic hydroxyl groups is 1. The van der Waals surface area contributed by atoms with Gasteiger partial charge < -0.3 is 5.11 Å². The van der Waals surface area contributed by atoms with E-state index in [0.29, 0.717) is 22.4 Å². The third-order valence-corrected chi connectivity index (χ3v) is 4.87. The maximum atomic E-state index is 13.2. The van der Waals surface area contributed by atoms with Gasteiger partial charge in [0.2, 0.25) is 0 Å². The maximum Gasteiger partial charge on any atom is 0.261 e. The number of benzene rings is 3. The minimum atomic E-state index is -1.52. The lowest BCUT2D eigenvalue weighted by Crippen LogP contribution is -2.45. The van der Waals surface area contributed by atoms with Crippen LogP contribution in [-0.2, 0) is 5.72 Å². The number of rotatable bonds is 2. The molecule has 0 radical (unpaired) electrons. The maximum absolute atomic E-state index is 13.2. The quantitative estimate of drug-likeness (QED) is 0.767. The average Bonchev–Trinajstić information content (AvgIpc) is 2.85. The SMILES string of the molecule is Cc1ccc([C@]2(O)c3ccccc3C(=O)N2c2ccccc2C)cc1. The Labute approximate surface area is 147 Å². The number of nitrogens with zero attached hydrogens (tertiary/aromatic N) is 1. The third-order valence-electron chi connectivity index (χ3n) is 4.87. The summed E-state index contributed by atoms with van der Waals surface area (Å²) < 4.78 is 0. The summed E-state index contributed by atoms with van der Waals surface area (Å²) >= 11 is 0. The molecule has 0 spiro atoms. The summed E-state index contributed by atoms with van der Waals surface area (Å²) in [7, 11) is 0. The van der Waals surface area contributed by atoms with E-state index in [2.05, 4.69) is 0 Å². The monoisotopic (exact) mass is 329 g/mol. The molecule has 1 atom stereocenters. The molecule has 0 fully saturated rings. The molecule has 1 aliphatic heterocycles. The summed E-state index contributed by atoms with van der Waals surface area (Å²) in [6.07, 6.45) is 0. The van der Waals surface area contributed by atoms with Gasteiger partial charge in [0.15, 0.2) is 5.72 Å². The number of carbonyl (C=O) groups is 1. The van der Waals surface area contributed by atoms with E-state index in [-0.39, 0.29) is 5.91 Å². The summed E-state index contributed by atoms with van der Waals surface area (Å²) in [6.45, 7) is 3.95. The van der Waals surface area contributed by atoms with Gasteiger partial charge in [0.25, 0.3) is 5.91 Å². The Bertz CT molecular complexity index is 962. The fourth-order valence-corrected chi connectivity index (χ4v) is 3.53. The van der Waals surface area contributed by atoms with Crippen molar-refractivity contribution >= 4 is 11.6 Å². The van der Waals surface area contributed by atoms with Crippen LogP contribution < -0.4 is 4.90 Å². The molecule has 124 valence electrons. The van der Waals surface area contributed by atoms with Crippen LogP contribution in [0.15, 0.2) is 72.8 Å². The Morgan fingerprint density at radius 2 is 1.48 bits per heavy atom. The molecular weight excluding hydrogens is 310 g/mol. The number of amides is 1. The van der Waals surface area contributed by atoms with Crippen molar-refractivity contribution < 1.29 is 9.90 Å². The molecule has 0 bridgehead atoms. The molecule has 1 amide bonds. The number of aryl methyl sites for hydroxylation is 2. The van der Waals surface area contributed by atoms with Crippen LogP contribution in [0.3, 0.4) is 0 Å². The fraction of sp³-hybridized carbons (Fsp3) is 0.136. The van der Waals surface area contributed by atoms with Gasteiger partial charge in [-0.05, 0) is 31.5 Å². The first-order valence-corrected chi connectivity index (χ1v) is 8.32. The zero-order valence-electron chi connectivity index (χ0n) is 14.2. The van der Waals surface area contributed by atoms with Crippen LogP contribution in [0.2, 0.25) is 0 Å². The first kappa shape index (κ1) is 15.6. The molecular formula is C22H19NO2. The smallest absolute Gasteiger partial charge is 0.261 e. The first-order chi connectivity index (χ1) is 12.0. The second kappa shape index (κ2) is 5.57. The summed E-state index contributed by atoms with van der Waals surface area (Å²) in [5, 5.41) is 11.8. The molecule has 1 N–H and O–H groups in total. The van der Waals surface area contributed by atoms with Crippen molar-refractivity contribution in [1.82, 2.24) is 0 Å². The van der Waals surface area contributed by atoms with E-state index in [1.165, 1.54) is 4.90 Å². The van der Waals surface area contributed by atoms with Crippen molar-refractivity contribution in [2.24, 2.45) is 0 Å². The normalized spacial score (nSPS) is 19.2. The van der Waals surface area contributed by atoms with Crippen molar-refractivity contribution in [2.75, 3.05) is 4.90 Å². The Morgan fingerprint density at radius 1 is 0.840 bits per heavy atom. The predicted molar refractivity (Wildman–Crippen MR) is 98.6 cm³/mol. The van der Waals surface area contributed by atoms with Gasteiger partial charge in [0.05, 0.1) is 5.69 Å². The summed E-state index contributed by atoms with van der Waals surface area (Å²) in [4.78, 5) is 14.7. The average molecular weight is 329 g/mol. The van der Waals surface area contributed by atoms with E-state index in [0.717, 1.165) is 11.1 Å². The van der Waals surface area contributed by atoms with E-state index in [9.17, 15) is 9.90 Å². The van der Waals surface area contributed by atoms with Crippen LogP contribution in [0, 0.1) is 13.8 Å². The first-order valence-electron chi connectivity index (χ1n) is 8.32. The molecule has 0 aromatic heterocycles. The Kier molecular flexibility index (Phi) is 3.48. The van der Waals surface area contributed by atoms with Crippen molar-refractivity contribution in [3.63, 3.8) is 0 Å². The third kappa shape index (κ3) is 2.20. The Morgan fingerprint density at radius 3 is 2.20 bits per heavy atom. The lowest BCUT2D eigenvalue weighted by Gasteiger charge is -2.35. The van der Waals surface area contributed by atoms with Gasteiger partial charge in [-0.25, -0.2) is 0 Å². The van der Waals surface area contributed by atoms with Crippen LogP contribution in [0.1, 0.15) is 32.6 Å². The molecule has 0 saturated carbocycles. The second-order valence-corrected chi connectivity index (χ2v) is 6.51. The predicted octanol–water partition coefficient (Wildman–Crippen LogP) is 4.16. The van der Waals surface area contributed by atoms with Gasteiger partial charge in [-0.15, -0.1) is 0 Å². The van der Waals surface area contributed by atoms with E-state index in [1.807, 2.05) is 80.6 Å². The largest absolute Gasteiger partial charge is 0.363 e. The van der Waals surface area contributed by atoms with Crippen LogP contribution in [-0.4, -0.2) is 11.0 Å². The van der Waals surface area contributed by atoms with Crippen LogP contribution in [0.25, 0.3) is 0 Å². The molecule has 3 aromatic rings. The van der Waals surface area contributed by atoms with E-state index < -0.39 is 5.72 Å². The molecule has 0 saturated heterocycles. The Balaban J connectivity index is 2.01. The molecule has 3 aromatic carbocycles. The van der Waals surface area contributed by atoms with E-state index >= 15 is 0 Å². The molecule has 4 rings (SSSR count). The number of hydrogen-bond acceptors (Lipinski definition) is 2. The van der Waals surface area contributed by atoms with Crippen molar-refractivity contribution in [1.29, 1.82) is 0 Å². The minimum Gasteiger partial charge on any atom is -0.363 e. The minimum absolute atomic E-state index is 0.187. The highest BCUT2D eigenvalue weighted by molar-refractivity contribution is 6.12. The van der Waals surface area contributed by atoms with E-state index in [4.69, 9.17) is 0 Å². The number of hydrogen-bond donors (Lipinski definition) is 1. The Hall–Kier alpha value is -2.91. The van der Waals surface area contributed by atoms with Crippen LogP contribution in [0.4, 0.5) is 5.69 Å². The molecule has 0 unspecified atom stereocenters. The van der Waals surface area contributed by atoms with Gasteiger partial charge in [-0.3, -0.25) is 9.69 Å².